The summed E-state index contributed by atoms with van der Waals surface area (Å²) in [7, 11) is 4.23. The van der Waals surface area contributed by atoms with E-state index in [1.807, 2.05) is 55.5 Å². The summed E-state index contributed by atoms with van der Waals surface area (Å²) in [6.07, 6.45) is 1.18. The first-order valence-corrected chi connectivity index (χ1v) is 12.3. The average molecular weight is 479 g/mol. The van der Waals surface area contributed by atoms with Gasteiger partial charge in [0.15, 0.2) is 0 Å². The first-order chi connectivity index (χ1) is 16.7. The van der Waals surface area contributed by atoms with Crippen molar-refractivity contribution in [2.45, 2.75) is 56.8 Å². The molecule has 35 heavy (non-hydrogen) atoms. The lowest BCUT2D eigenvalue weighted by Crippen LogP contribution is -2.45. The van der Waals surface area contributed by atoms with Crippen LogP contribution in [0.15, 0.2) is 48.5 Å². The first kappa shape index (κ1) is 23.6. The highest BCUT2D eigenvalue weighted by atomic mass is 16.7. The van der Waals surface area contributed by atoms with E-state index < -0.39 is 12.1 Å². The van der Waals surface area contributed by atoms with Crippen molar-refractivity contribution >= 4 is 23.4 Å². The summed E-state index contributed by atoms with van der Waals surface area (Å²) >= 11 is 0. The number of nitrogens with zero attached hydrogens (tertiary/aromatic N) is 4. The fraction of sp³-hybridized carbons (Fsp3) is 0.481. The molecular formula is C27H34N4O4. The number of hydrogen-bond acceptors (Lipinski definition) is 5. The monoisotopic (exact) mass is 478 g/mol. The van der Waals surface area contributed by atoms with Crippen LogP contribution >= 0.6 is 0 Å². The van der Waals surface area contributed by atoms with Crippen molar-refractivity contribution in [2.24, 2.45) is 0 Å². The van der Waals surface area contributed by atoms with E-state index in [0.29, 0.717) is 25.1 Å². The Hall–Kier alpha value is -3.10. The molecule has 2 aromatic rings. The van der Waals surface area contributed by atoms with Gasteiger partial charge in [-0.2, -0.15) is 0 Å². The Bertz CT molecular complexity index is 1130. The molecule has 0 radical (unpaired) electrons. The van der Waals surface area contributed by atoms with E-state index in [4.69, 9.17) is 4.84 Å². The van der Waals surface area contributed by atoms with Crippen LogP contribution in [0.1, 0.15) is 37.8 Å². The number of likely N-dealkylation sites (N-methyl/N-ethyl adjacent to an activating group) is 2. The normalized spacial score (nSPS) is 27.9. The van der Waals surface area contributed by atoms with Gasteiger partial charge in [0.2, 0.25) is 0 Å². The molecule has 0 bridgehead atoms. The van der Waals surface area contributed by atoms with Crippen molar-refractivity contribution < 1.29 is 19.5 Å². The Morgan fingerprint density at radius 1 is 1.20 bits per heavy atom. The molecule has 2 saturated heterocycles. The zero-order valence-corrected chi connectivity index (χ0v) is 20.8. The quantitative estimate of drug-likeness (QED) is 0.682. The van der Waals surface area contributed by atoms with E-state index in [2.05, 4.69) is 30.8 Å². The van der Waals surface area contributed by atoms with Gasteiger partial charge in [0.25, 0.3) is 5.91 Å². The highest BCUT2D eigenvalue weighted by Gasteiger charge is 2.52. The standard InChI is InChI=1S/C27H34N4O4/c1-18-16-23(24(32)31(18)35-15-12-19-8-6-5-7-9-19)30(26(33)34)20-10-11-22-21(17-20)27(2)13-14-28(3)25(27)29(22)4/h5-11,17-18,23,25H,12-16H2,1-4H3,(H,33,34)/t18?,23?,25-,27+/m1/s1. The number of amides is 2. The van der Waals surface area contributed by atoms with E-state index in [9.17, 15) is 14.7 Å². The van der Waals surface area contributed by atoms with Crippen molar-refractivity contribution in [2.75, 3.05) is 37.0 Å². The van der Waals surface area contributed by atoms with Gasteiger partial charge < -0.3 is 10.0 Å². The minimum Gasteiger partial charge on any atom is -0.465 e. The minimum atomic E-state index is -1.13. The third kappa shape index (κ3) is 3.85. The Kier molecular flexibility index (Phi) is 5.97. The topological polar surface area (TPSA) is 76.6 Å². The lowest BCUT2D eigenvalue weighted by molar-refractivity contribution is -0.187. The van der Waals surface area contributed by atoms with Crippen molar-refractivity contribution in [3.63, 3.8) is 0 Å². The summed E-state index contributed by atoms with van der Waals surface area (Å²) < 4.78 is 0. The fourth-order valence-electron chi connectivity index (χ4n) is 6.33. The van der Waals surface area contributed by atoms with Gasteiger partial charge in [-0.15, -0.1) is 0 Å². The Morgan fingerprint density at radius 3 is 2.66 bits per heavy atom. The number of hydrogen-bond donors (Lipinski definition) is 1. The molecule has 186 valence electrons. The predicted octanol–water partition coefficient (Wildman–Crippen LogP) is 3.70. The highest BCUT2D eigenvalue weighted by molar-refractivity contribution is 5.98. The Morgan fingerprint density at radius 2 is 1.94 bits per heavy atom. The molecule has 2 unspecified atom stereocenters. The molecule has 5 rings (SSSR count). The summed E-state index contributed by atoms with van der Waals surface area (Å²) in [5, 5.41) is 11.6. The van der Waals surface area contributed by atoms with Crippen LogP contribution in [-0.4, -0.2) is 72.6 Å². The smallest absolute Gasteiger partial charge is 0.412 e. The van der Waals surface area contributed by atoms with Gasteiger partial charge in [-0.25, -0.2) is 9.86 Å². The third-order valence-corrected chi connectivity index (χ3v) is 8.04. The van der Waals surface area contributed by atoms with Crippen LogP contribution in [-0.2, 0) is 21.5 Å². The molecule has 0 aromatic heterocycles. The lowest BCUT2D eigenvalue weighted by atomic mass is 9.81. The lowest BCUT2D eigenvalue weighted by Gasteiger charge is -2.32. The van der Waals surface area contributed by atoms with Crippen LogP contribution in [0, 0.1) is 0 Å². The number of benzene rings is 2. The van der Waals surface area contributed by atoms with Crippen molar-refractivity contribution in [1.29, 1.82) is 0 Å². The van der Waals surface area contributed by atoms with E-state index in [-0.39, 0.29) is 23.5 Å². The molecule has 0 aliphatic carbocycles. The SMILES string of the molecule is CC1CC(N(C(=O)O)c2ccc3c(c2)[C@]2(C)CCN(C)[C@@H]2N3C)C(=O)N1OCCc1ccccc1. The molecule has 1 N–H and O–H groups in total. The molecule has 3 aliphatic heterocycles. The van der Waals surface area contributed by atoms with Gasteiger partial charge in [-0.05, 0) is 56.1 Å². The van der Waals surface area contributed by atoms with Gasteiger partial charge in [-0.1, -0.05) is 37.3 Å². The summed E-state index contributed by atoms with van der Waals surface area (Å²) in [5.41, 5.74) is 3.85. The van der Waals surface area contributed by atoms with Crippen molar-refractivity contribution in [3.05, 3.63) is 59.7 Å². The van der Waals surface area contributed by atoms with Crippen LogP contribution in [0.4, 0.5) is 16.2 Å². The number of anilines is 2. The second-order valence-corrected chi connectivity index (χ2v) is 10.3. The zero-order valence-electron chi connectivity index (χ0n) is 20.8. The second kappa shape index (κ2) is 8.84. The van der Waals surface area contributed by atoms with Crippen LogP contribution in [0.25, 0.3) is 0 Å². The summed E-state index contributed by atoms with van der Waals surface area (Å²) in [5.74, 6) is -0.310. The summed E-state index contributed by atoms with van der Waals surface area (Å²) in [6.45, 7) is 5.51. The number of carbonyl (C=O) groups is 2. The number of carboxylic acid groups (broad SMARTS) is 1. The largest absolute Gasteiger partial charge is 0.465 e. The van der Waals surface area contributed by atoms with Gasteiger partial charge in [0.05, 0.1) is 18.8 Å². The van der Waals surface area contributed by atoms with Gasteiger partial charge >= 0.3 is 6.09 Å². The van der Waals surface area contributed by atoms with Gasteiger partial charge in [-0.3, -0.25) is 19.4 Å². The van der Waals surface area contributed by atoms with Crippen molar-refractivity contribution in [3.8, 4) is 0 Å². The number of rotatable bonds is 6. The van der Waals surface area contributed by atoms with E-state index in [1.54, 1.807) is 0 Å². The van der Waals surface area contributed by atoms with E-state index in [0.717, 1.165) is 29.8 Å². The predicted molar refractivity (Wildman–Crippen MR) is 135 cm³/mol. The van der Waals surface area contributed by atoms with Crippen LogP contribution < -0.4 is 9.80 Å². The summed E-state index contributed by atoms with van der Waals surface area (Å²) in [6, 6.07) is 14.7. The number of likely N-dealkylation sites (tertiary alicyclic amines) is 1. The maximum absolute atomic E-state index is 13.3. The molecule has 2 aromatic carbocycles. The maximum atomic E-state index is 13.3. The molecule has 0 spiro atoms. The van der Waals surface area contributed by atoms with Crippen molar-refractivity contribution in [1.82, 2.24) is 9.96 Å². The molecule has 2 amide bonds. The minimum absolute atomic E-state index is 0.0847. The zero-order chi connectivity index (χ0) is 24.9. The maximum Gasteiger partial charge on any atom is 0.412 e. The molecular weight excluding hydrogens is 444 g/mol. The average Bonchev–Trinajstić information content (AvgIpc) is 3.37. The number of carbonyl (C=O) groups excluding carboxylic acids is 1. The molecule has 8 heteroatoms. The fourth-order valence-corrected chi connectivity index (χ4v) is 6.33. The molecule has 3 heterocycles. The number of fused-ring (bicyclic) bond motifs is 3. The first-order valence-electron chi connectivity index (χ1n) is 12.3. The van der Waals surface area contributed by atoms with E-state index >= 15 is 0 Å². The van der Waals surface area contributed by atoms with E-state index in [1.165, 1.54) is 9.96 Å². The molecule has 3 aliphatic rings. The van der Waals surface area contributed by atoms with Gasteiger partial charge in [0.1, 0.15) is 6.04 Å². The highest BCUT2D eigenvalue weighted by Crippen LogP contribution is 2.52. The van der Waals surface area contributed by atoms with Crippen LogP contribution in [0.5, 0.6) is 0 Å². The Labute approximate surface area is 206 Å². The molecule has 0 saturated carbocycles. The third-order valence-electron chi connectivity index (χ3n) is 8.04. The Balaban J connectivity index is 1.37. The molecule has 2 fully saturated rings. The van der Waals surface area contributed by atoms with Gasteiger partial charge in [0, 0.05) is 36.8 Å². The summed E-state index contributed by atoms with van der Waals surface area (Å²) in [4.78, 5) is 37.5. The van der Waals surface area contributed by atoms with Crippen LogP contribution in [0.3, 0.4) is 0 Å². The van der Waals surface area contributed by atoms with Crippen LogP contribution in [0.2, 0.25) is 0 Å². The molecule has 4 atom stereocenters. The molecule has 8 nitrogen and oxygen atoms in total. The second-order valence-electron chi connectivity index (χ2n) is 10.3. The number of hydroxylamine groups is 2.